The maximum absolute atomic E-state index is 12.1. The molecule has 0 saturated carbocycles. The van der Waals surface area contributed by atoms with Crippen LogP contribution in [0, 0.1) is 0 Å². The van der Waals surface area contributed by atoms with Crippen molar-refractivity contribution in [1.29, 1.82) is 0 Å². The molecule has 0 aliphatic rings. The van der Waals surface area contributed by atoms with Gasteiger partial charge in [-0.1, -0.05) is 0 Å². The van der Waals surface area contributed by atoms with Crippen LogP contribution in [0.4, 0.5) is 5.69 Å². The second-order valence-electron chi connectivity index (χ2n) is 7.39. The zero-order valence-corrected chi connectivity index (χ0v) is 19.1. The number of rotatable bonds is 9. The van der Waals surface area contributed by atoms with Crippen LogP contribution in [0.5, 0.6) is 0 Å². The van der Waals surface area contributed by atoms with Crippen LogP contribution in [0.2, 0.25) is 0 Å². The lowest BCUT2D eigenvalue weighted by atomic mass is 10.2. The molecule has 0 unspecified atom stereocenters. The maximum atomic E-state index is 12.1. The van der Waals surface area contributed by atoms with Gasteiger partial charge in [-0.2, -0.15) is 4.80 Å². The van der Waals surface area contributed by atoms with Gasteiger partial charge in [0, 0.05) is 65.4 Å². The van der Waals surface area contributed by atoms with E-state index in [4.69, 9.17) is 0 Å². The van der Waals surface area contributed by atoms with Crippen molar-refractivity contribution in [2.24, 2.45) is 7.05 Å². The van der Waals surface area contributed by atoms with Gasteiger partial charge in [0.1, 0.15) is 0 Å². The zero-order chi connectivity index (χ0) is 23.4. The van der Waals surface area contributed by atoms with Crippen molar-refractivity contribution < 1.29 is 14.4 Å². The molecule has 2 aromatic rings. The van der Waals surface area contributed by atoms with Gasteiger partial charge in [-0.05, 0) is 36.5 Å². The molecule has 0 bridgehead atoms. The molecule has 170 valence electrons. The van der Waals surface area contributed by atoms with Crippen molar-refractivity contribution in [2.75, 3.05) is 53.6 Å². The molecule has 0 spiro atoms. The number of anilines is 1. The van der Waals surface area contributed by atoms with E-state index in [1.54, 1.807) is 40.1 Å². The first-order valence-electron chi connectivity index (χ1n) is 9.77. The molecule has 1 N–H and O–H groups in total. The lowest BCUT2D eigenvalue weighted by molar-refractivity contribution is -0.129. The van der Waals surface area contributed by atoms with Crippen LogP contribution >= 0.6 is 0 Å². The predicted octanol–water partition coefficient (Wildman–Crippen LogP) is 0.320. The highest BCUT2D eigenvalue weighted by Gasteiger charge is 2.09. The Labute approximate surface area is 183 Å². The quantitative estimate of drug-likeness (QED) is 0.567. The van der Waals surface area contributed by atoms with Gasteiger partial charge in [0.25, 0.3) is 0 Å². The Kier molecular flexibility index (Phi) is 10.8. The van der Waals surface area contributed by atoms with E-state index in [9.17, 15) is 14.4 Å². The van der Waals surface area contributed by atoms with Gasteiger partial charge in [-0.3, -0.25) is 14.4 Å². The minimum Gasteiger partial charge on any atom is -0.351 e. The molecule has 1 aromatic carbocycles. The zero-order valence-electron chi connectivity index (χ0n) is 19.1. The third-order valence-corrected chi connectivity index (χ3v) is 4.07. The smallest absolute Gasteiger partial charge is 0.225 e. The van der Waals surface area contributed by atoms with Crippen LogP contribution in [0.3, 0.4) is 0 Å². The lowest BCUT2D eigenvalue weighted by Gasteiger charge is -2.17. The summed E-state index contributed by atoms with van der Waals surface area (Å²) in [6.45, 7) is 1.22. The van der Waals surface area contributed by atoms with Gasteiger partial charge >= 0.3 is 0 Å². The van der Waals surface area contributed by atoms with Crippen LogP contribution in [0.25, 0.3) is 11.4 Å². The number of hydrogen-bond donors (Lipinski definition) is 1. The average molecular weight is 433 g/mol. The fraction of sp³-hybridized carbons (Fsp3) is 0.500. The molecule has 0 saturated heterocycles. The molecule has 0 aliphatic carbocycles. The monoisotopic (exact) mass is 432 g/mol. The second kappa shape index (κ2) is 13.1. The summed E-state index contributed by atoms with van der Waals surface area (Å²) in [5.74, 6) is 0.555. The van der Waals surface area contributed by atoms with Crippen molar-refractivity contribution in [3.63, 3.8) is 0 Å². The maximum Gasteiger partial charge on any atom is 0.225 e. The van der Waals surface area contributed by atoms with Crippen molar-refractivity contribution >= 4 is 23.9 Å². The number of tetrazole rings is 1. The first-order valence-corrected chi connectivity index (χ1v) is 9.77. The summed E-state index contributed by atoms with van der Waals surface area (Å²) in [6, 6.07) is 7.29. The molecule has 0 aliphatic heterocycles. The number of hydrogen-bond acceptors (Lipinski definition) is 7. The number of nitrogens with zero attached hydrogens (tertiary/aromatic N) is 7. The number of aromatic nitrogens is 4. The average Bonchev–Trinajstić information content (AvgIpc) is 3.17. The van der Waals surface area contributed by atoms with E-state index in [0.717, 1.165) is 12.0 Å². The Morgan fingerprint density at radius 2 is 1.61 bits per heavy atom. The molecule has 2 rings (SSSR count). The van der Waals surface area contributed by atoms with E-state index in [-0.39, 0.29) is 11.8 Å². The number of aryl methyl sites for hydroxylation is 1. The van der Waals surface area contributed by atoms with Crippen molar-refractivity contribution in [2.45, 2.75) is 12.8 Å². The number of amides is 3. The number of nitrogens with one attached hydrogen (secondary N) is 1. The highest BCUT2D eigenvalue weighted by molar-refractivity contribution is 5.91. The molecule has 11 heteroatoms. The Balaban J connectivity index is 0.000000861. The molecule has 0 radical (unpaired) electrons. The lowest BCUT2D eigenvalue weighted by Crippen LogP contribution is -2.30. The van der Waals surface area contributed by atoms with Crippen molar-refractivity contribution in [3.8, 4) is 11.4 Å². The van der Waals surface area contributed by atoms with E-state index < -0.39 is 0 Å². The van der Waals surface area contributed by atoms with Crippen molar-refractivity contribution in [1.82, 2.24) is 34.9 Å². The molecular weight excluding hydrogens is 400 g/mol. The Morgan fingerprint density at radius 1 is 1.03 bits per heavy atom. The number of benzene rings is 1. The van der Waals surface area contributed by atoms with Crippen LogP contribution < -0.4 is 5.32 Å². The van der Waals surface area contributed by atoms with Crippen LogP contribution in [-0.4, -0.2) is 101 Å². The van der Waals surface area contributed by atoms with Gasteiger partial charge in [0.05, 0.1) is 7.05 Å². The fourth-order valence-corrected chi connectivity index (χ4v) is 2.24. The minimum absolute atomic E-state index is 0.0684. The summed E-state index contributed by atoms with van der Waals surface area (Å²) in [7, 11) is 10.5. The Morgan fingerprint density at radius 3 is 2.10 bits per heavy atom. The normalized spacial score (nSPS) is 10.2. The predicted molar refractivity (Wildman–Crippen MR) is 118 cm³/mol. The standard InChI is InChI=1S/C17H25N7O2.C3H7NO/c1-22(2)16(26)10-12-23(3)11-9-15(25)18-14-7-5-13(6-8-14)17-19-21-24(4)20-17;1-4(2)3-5/h5-8H,9-12H2,1-4H3,(H,18,25);3H,1-2H3. The molecule has 0 fully saturated rings. The molecule has 1 heterocycles. The SMILES string of the molecule is CN(C)C=O.CN(CCC(=O)Nc1ccc(-c2nnn(C)n2)cc1)CCC(=O)N(C)C. The Bertz CT molecular complexity index is 833. The summed E-state index contributed by atoms with van der Waals surface area (Å²) in [4.78, 5) is 39.5. The Hall–Kier alpha value is -3.34. The molecule has 11 nitrogen and oxygen atoms in total. The summed E-state index contributed by atoms with van der Waals surface area (Å²) in [5.41, 5.74) is 1.55. The molecule has 3 amide bonds. The molecule has 0 atom stereocenters. The topological polar surface area (TPSA) is 117 Å². The summed E-state index contributed by atoms with van der Waals surface area (Å²) < 4.78 is 0. The second-order valence-corrected chi connectivity index (χ2v) is 7.39. The van der Waals surface area contributed by atoms with Gasteiger partial charge in [0.15, 0.2) is 0 Å². The minimum atomic E-state index is -0.0684. The first-order chi connectivity index (χ1) is 14.6. The van der Waals surface area contributed by atoms with Crippen LogP contribution in [-0.2, 0) is 21.4 Å². The summed E-state index contributed by atoms with van der Waals surface area (Å²) in [5, 5.41) is 14.7. The van der Waals surface area contributed by atoms with Crippen molar-refractivity contribution in [3.05, 3.63) is 24.3 Å². The highest BCUT2D eigenvalue weighted by Crippen LogP contribution is 2.17. The number of carbonyl (C=O) groups excluding carboxylic acids is 3. The van der Waals surface area contributed by atoms with Gasteiger partial charge in [-0.15, -0.1) is 10.2 Å². The van der Waals surface area contributed by atoms with Gasteiger partial charge in [0.2, 0.25) is 24.0 Å². The first kappa shape index (κ1) is 25.7. The van der Waals surface area contributed by atoms with E-state index in [2.05, 4.69) is 20.7 Å². The molecule has 31 heavy (non-hydrogen) atoms. The van der Waals surface area contributed by atoms with Gasteiger partial charge in [-0.25, -0.2) is 0 Å². The summed E-state index contributed by atoms with van der Waals surface area (Å²) >= 11 is 0. The van der Waals surface area contributed by atoms with E-state index in [0.29, 0.717) is 37.4 Å². The third kappa shape index (κ3) is 10.3. The van der Waals surface area contributed by atoms with Crippen LogP contribution in [0.15, 0.2) is 24.3 Å². The molecular formula is C20H32N8O3. The third-order valence-electron chi connectivity index (χ3n) is 4.07. The summed E-state index contributed by atoms with van der Waals surface area (Å²) in [6.07, 6.45) is 1.56. The van der Waals surface area contributed by atoms with E-state index in [1.807, 2.05) is 36.2 Å². The number of carbonyl (C=O) groups is 3. The van der Waals surface area contributed by atoms with Crippen LogP contribution in [0.1, 0.15) is 12.8 Å². The molecule has 1 aromatic heterocycles. The largest absolute Gasteiger partial charge is 0.351 e. The van der Waals surface area contributed by atoms with E-state index >= 15 is 0 Å². The fourth-order valence-electron chi connectivity index (χ4n) is 2.24. The van der Waals surface area contributed by atoms with Gasteiger partial charge < -0.3 is 20.0 Å². The van der Waals surface area contributed by atoms with E-state index in [1.165, 1.54) is 9.70 Å². The highest BCUT2D eigenvalue weighted by atomic mass is 16.2.